The number of nitrogens with two attached hydrogens (primary N) is 1. The molecule has 0 rings (SSSR count). The van der Waals surface area contributed by atoms with Crippen LogP contribution in [0.5, 0.6) is 0 Å². The van der Waals surface area contributed by atoms with Gasteiger partial charge in [0.15, 0.2) is 0 Å². The lowest BCUT2D eigenvalue weighted by atomic mass is 10.2. The first-order valence-electron chi connectivity index (χ1n) is 5.01. The molecule has 0 aromatic rings. The number of hydrogen-bond donors (Lipinski definition) is 4. The number of urea groups is 1. The Morgan fingerprint density at radius 2 is 2.00 bits per heavy atom. The maximum atomic E-state index is 11.4. The Morgan fingerprint density at radius 1 is 1.41 bits per heavy atom. The van der Waals surface area contributed by atoms with E-state index >= 15 is 0 Å². The molecule has 8 heteroatoms. The molecule has 0 radical (unpaired) electrons. The van der Waals surface area contributed by atoms with Gasteiger partial charge in [0.1, 0.15) is 6.04 Å². The second-order valence-electron chi connectivity index (χ2n) is 3.31. The number of amides is 3. The molecule has 17 heavy (non-hydrogen) atoms. The zero-order valence-electron chi connectivity index (χ0n) is 9.73. The molecule has 0 aliphatic rings. The summed E-state index contributed by atoms with van der Waals surface area (Å²) in [4.78, 5) is 32.7. The molecule has 0 saturated carbocycles. The minimum Gasteiger partial charge on any atom is -0.480 e. The van der Waals surface area contributed by atoms with Crippen molar-refractivity contribution in [2.45, 2.75) is 24.6 Å². The van der Waals surface area contributed by atoms with Crippen molar-refractivity contribution in [2.75, 3.05) is 12.8 Å². The van der Waals surface area contributed by atoms with Crippen molar-refractivity contribution in [2.24, 2.45) is 5.73 Å². The highest BCUT2D eigenvalue weighted by Crippen LogP contribution is 2.12. The summed E-state index contributed by atoms with van der Waals surface area (Å²) in [6.07, 6.45) is 0.275. The molecule has 0 saturated heterocycles. The van der Waals surface area contributed by atoms with E-state index in [1.807, 2.05) is 0 Å². The minimum absolute atomic E-state index is 0.275. The topological polar surface area (TPSA) is 122 Å². The number of nitrogens with one attached hydrogen (secondary N) is 2. The third-order valence-corrected chi connectivity index (χ3v) is 3.13. The predicted molar refractivity (Wildman–Crippen MR) is 64.7 cm³/mol. The van der Waals surface area contributed by atoms with E-state index in [-0.39, 0.29) is 6.42 Å². The van der Waals surface area contributed by atoms with Gasteiger partial charge in [-0.25, -0.2) is 4.79 Å². The number of aliphatic carboxylic acids is 1. The number of thioether (sulfide) groups is 1. The van der Waals surface area contributed by atoms with E-state index in [0.717, 1.165) is 0 Å². The van der Waals surface area contributed by atoms with E-state index in [2.05, 4.69) is 10.6 Å². The van der Waals surface area contributed by atoms with Crippen LogP contribution in [0.15, 0.2) is 0 Å². The van der Waals surface area contributed by atoms with Crippen LogP contribution in [-0.2, 0) is 9.59 Å². The number of hydrogen-bond acceptors (Lipinski definition) is 5. The summed E-state index contributed by atoms with van der Waals surface area (Å²) in [5.74, 6) is -1.04. The van der Waals surface area contributed by atoms with E-state index in [1.54, 1.807) is 6.92 Å². The molecule has 5 N–H and O–H groups in total. The smallest absolute Gasteiger partial charge is 0.321 e. The molecule has 3 amide bonds. The lowest BCUT2D eigenvalue weighted by Crippen LogP contribution is -2.41. The van der Waals surface area contributed by atoms with E-state index in [9.17, 15) is 14.4 Å². The summed E-state index contributed by atoms with van der Waals surface area (Å²) in [5, 5.41) is 12.5. The Labute approximate surface area is 104 Å². The molecule has 2 unspecified atom stereocenters. The van der Waals surface area contributed by atoms with Crippen LogP contribution >= 0.6 is 11.8 Å². The number of carbonyl (C=O) groups is 3. The highest BCUT2D eigenvalue weighted by Gasteiger charge is 2.17. The molecule has 0 bridgehead atoms. The molecule has 0 aromatic heterocycles. The van der Waals surface area contributed by atoms with Crippen LogP contribution in [0.2, 0.25) is 0 Å². The van der Waals surface area contributed by atoms with Gasteiger partial charge in [-0.3, -0.25) is 14.9 Å². The van der Waals surface area contributed by atoms with Crippen molar-refractivity contribution < 1.29 is 19.5 Å². The minimum atomic E-state index is -1.06. The molecule has 2 atom stereocenters. The summed E-state index contributed by atoms with van der Waals surface area (Å²) in [7, 11) is 1.41. The van der Waals surface area contributed by atoms with Crippen LogP contribution in [0, 0.1) is 0 Å². The molecular weight excluding hydrogens is 246 g/mol. The largest absolute Gasteiger partial charge is 0.480 e. The molecule has 0 heterocycles. The van der Waals surface area contributed by atoms with Crippen LogP contribution in [0.3, 0.4) is 0 Å². The van der Waals surface area contributed by atoms with Gasteiger partial charge in [0.25, 0.3) is 0 Å². The zero-order valence-corrected chi connectivity index (χ0v) is 10.5. The normalized spacial score (nSPS) is 13.6. The van der Waals surface area contributed by atoms with Crippen molar-refractivity contribution in [3.05, 3.63) is 0 Å². The standard InChI is InChI=1S/C9H17N3O4S/c1-5(7(13)12-9(16)11-2)17-4-3-6(10)8(14)15/h5-6H,3-4,10H2,1-2H3,(H,14,15)(H2,11,12,13,16). The predicted octanol–water partition coefficient (Wildman–Crippen LogP) is -0.634. The Kier molecular flexibility index (Phi) is 7.31. The fourth-order valence-corrected chi connectivity index (χ4v) is 1.80. The van der Waals surface area contributed by atoms with Gasteiger partial charge in [0.2, 0.25) is 5.91 Å². The summed E-state index contributed by atoms with van der Waals surface area (Å²) in [6.45, 7) is 1.63. The average Bonchev–Trinajstić information content (AvgIpc) is 2.28. The van der Waals surface area contributed by atoms with Gasteiger partial charge in [0, 0.05) is 7.05 Å². The lowest BCUT2D eigenvalue weighted by Gasteiger charge is -2.11. The Morgan fingerprint density at radius 3 is 2.47 bits per heavy atom. The molecule has 0 fully saturated rings. The van der Waals surface area contributed by atoms with Crippen LogP contribution in [0.4, 0.5) is 4.79 Å². The van der Waals surface area contributed by atoms with Gasteiger partial charge < -0.3 is 16.2 Å². The summed E-state index contributed by atoms with van der Waals surface area (Å²) in [6, 6.07) is -1.48. The molecule has 98 valence electrons. The maximum Gasteiger partial charge on any atom is 0.321 e. The van der Waals surface area contributed by atoms with Crippen molar-refractivity contribution in [3.8, 4) is 0 Å². The highest BCUT2D eigenvalue weighted by molar-refractivity contribution is 8.00. The fraction of sp³-hybridized carbons (Fsp3) is 0.667. The summed E-state index contributed by atoms with van der Waals surface area (Å²) in [5.41, 5.74) is 5.30. The van der Waals surface area contributed by atoms with Gasteiger partial charge in [-0.2, -0.15) is 0 Å². The first-order valence-corrected chi connectivity index (χ1v) is 6.06. The maximum absolute atomic E-state index is 11.4. The number of carboxylic acid groups (broad SMARTS) is 1. The molecule has 0 aromatic carbocycles. The first-order chi connectivity index (χ1) is 7.88. The molecule has 0 spiro atoms. The van der Waals surface area contributed by atoms with E-state index < -0.39 is 29.2 Å². The monoisotopic (exact) mass is 263 g/mol. The van der Waals surface area contributed by atoms with E-state index in [0.29, 0.717) is 5.75 Å². The number of rotatable bonds is 6. The SMILES string of the molecule is CNC(=O)NC(=O)C(C)SCCC(N)C(=O)O. The van der Waals surface area contributed by atoms with E-state index in [1.165, 1.54) is 18.8 Å². The second-order valence-corrected chi connectivity index (χ2v) is 4.76. The van der Waals surface area contributed by atoms with Gasteiger partial charge in [0.05, 0.1) is 5.25 Å². The van der Waals surface area contributed by atoms with Crippen LogP contribution in [0.1, 0.15) is 13.3 Å². The third-order valence-electron chi connectivity index (χ3n) is 1.95. The average molecular weight is 263 g/mol. The van der Waals surface area contributed by atoms with Gasteiger partial charge in [-0.1, -0.05) is 0 Å². The van der Waals surface area contributed by atoms with Gasteiger partial charge in [-0.05, 0) is 19.1 Å². The summed E-state index contributed by atoms with van der Waals surface area (Å²) < 4.78 is 0. The molecule has 0 aliphatic carbocycles. The van der Waals surface area contributed by atoms with Crippen molar-refractivity contribution in [1.82, 2.24) is 10.6 Å². The molecule has 7 nitrogen and oxygen atoms in total. The van der Waals surface area contributed by atoms with Crippen molar-refractivity contribution >= 4 is 29.7 Å². The van der Waals surface area contributed by atoms with Crippen molar-refractivity contribution in [1.29, 1.82) is 0 Å². The van der Waals surface area contributed by atoms with E-state index in [4.69, 9.17) is 10.8 Å². The Balaban J connectivity index is 3.86. The van der Waals surface area contributed by atoms with Gasteiger partial charge in [-0.15, -0.1) is 11.8 Å². The number of imide groups is 1. The quantitative estimate of drug-likeness (QED) is 0.506. The molecular formula is C9H17N3O4S. The third kappa shape index (κ3) is 6.80. The second kappa shape index (κ2) is 7.91. The highest BCUT2D eigenvalue weighted by atomic mass is 32.2. The molecule has 0 aliphatic heterocycles. The fourth-order valence-electron chi connectivity index (χ4n) is 0.847. The van der Waals surface area contributed by atoms with Crippen LogP contribution < -0.4 is 16.4 Å². The first kappa shape index (κ1) is 15.7. The number of carbonyl (C=O) groups excluding carboxylic acids is 2. The van der Waals surface area contributed by atoms with Gasteiger partial charge >= 0.3 is 12.0 Å². The lowest BCUT2D eigenvalue weighted by molar-refractivity contribution is -0.138. The number of carboxylic acids is 1. The summed E-state index contributed by atoms with van der Waals surface area (Å²) >= 11 is 1.25. The van der Waals surface area contributed by atoms with Crippen LogP contribution in [0.25, 0.3) is 0 Å². The zero-order chi connectivity index (χ0) is 13.4. The van der Waals surface area contributed by atoms with Crippen molar-refractivity contribution in [3.63, 3.8) is 0 Å². The Bertz CT molecular complexity index is 298. The Hall–Kier alpha value is -1.28. The van der Waals surface area contributed by atoms with Crippen LogP contribution in [-0.4, -0.2) is 47.1 Å².